The molecule has 0 aliphatic heterocycles. The average Bonchev–Trinajstić information content (AvgIpc) is 3.06. The summed E-state index contributed by atoms with van der Waals surface area (Å²) in [4.78, 5) is 16.2. The van der Waals surface area contributed by atoms with Crippen molar-refractivity contribution < 1.29 is 4.79 Å². The number of H-pyrrole nitrogens is 1. The van der Waals surface area contributed by atoms with Crippen LogP contribution in [0.2, 0.25) is 0 Å². The summed E-state index contributed by atoms with van der Waals surface area (Å²) >= 11 is 1.57. The van der Waals surface area contributed by atoms with Crippen LogP contribution in [0.1, 0.15) is 17.0 Å². The van der Waals surface area contributed by atoms with E-state index in [0.717, 1.165) is 33.5 Å². The van der Waals surface area contributed by atoms with E-state index in [4.69, 9.17) is 0 Å². The summed E-state index contributed by atoms with van der Waals surface area (Å²) < 4.78 is 0. The maximum atomic E-state index is 12.0. The first kappa shape index (κ1) is 17.0. The number of thioether (sulfide) groups is 1. The third kappa shape index (κ3) is 5.32. The van der Waals surface area contributed by atoms with Crippen LogP contribution in [-0.2, 0) is 10.5 Å². The van der Waals surface area contributed by atoms with Crippen molar-refractivity contribution in [1.29, 1.82) is 0 Å². The van der Waals surface area contributed by atoms with E-state index in [0.29, 0.717) is 0 Å². The molecular formula is C19H18N4OS. The minimum atomic E-state index is -0.151. The molecule has 5 nitrogen and oxygen atoms in total. The van der Waals surface area contributed by atoms with Crippen LogP contribution < -0.4 is 5.32 Å². The van der Waals surface area contributed by atoms with E-state index in [2.05, 4.69) is 20.5 Å². The number of anilines is 1. The Kier molecular flexibility index (Phi) is 5.64. The molecule has 0 atom stereocenters. The normalized spacial score (nSPS) is 10.9. The molecule has 0 aliphatic carbocycles. The monoisotopic (exact) mass is 350 g/mol. The minimum absolute atomic E-state index is 0.151. The Labute approximate surface area is 150 Å². The van der Waals surface area contributed by atoms with Crippen LogP contribution in [0, 0.1) is 6.92 Å². The number of rotatable bonds is 6. The van der Waals surface area contributed by atoms with Crippen LogP contribution in [0.25, 0.3) is 6.08 Å². The average molecular weight is 350 g/mol. The van der Waals surface area contributed by atoms with Crippen molar-refractivity contribution in [2.24, 2.45) is 0 Å². The fraction of sp³-hybridized carbons (Fsp3) is 0.105. The highest BCUT2D eigenvalue weighted by molar-refractivity contribution is 7.98. The summed E-state index contributed by atoms with van der Waals surface area (Å²) in [7, 11) is 0. The van der Waals surface area contributed by atoms with Crippen molar-refractivity contribution in [3.8, 4) is 0 Å². The highest BCUT2D eigenvalue weighted by Crippen LogP contribution is 2.20. The highest BCUT2D eigenvalue weighted by atomic mass is 32.2. The molecule has 0 saturated heterocycles. The maximum absolute atomic E-state index is 12.0. The molecule has 2 N–H and O–H groups in total. The van der Waals surface area contributed by atoms with Crippen molar-refractivity contribution in [1.82, 2.24) is 15.2 Å². The summed E-state index contributed by atoms with van der Waals surface area (Å²) in [5.74, 6) is 1.44. The van der Waals surface area contributed by atoms with Gasteiger partial charge >= 0.3 is 0 Å². The van der Waals surface area contributed by atoms with Crippen LogP contribution in [-0.4, -0.2) is 21.1 Å². The topological polar surface area (TPSA) is 70.7 Å². The van der Waals surface area contributed by atoms with Gasteiger partial charge < -0.3 is 5.32 Å². The molecule has 6 heteroatoms. The van der Waals surface area contributed by atoms with Gasteiger partial charge in [0.15, 0.2) is 0 Å². The molecule has 0 bridgehead atoms. The Bertz CT molecular complexity index is 857. The molecule has 25 heavy (non-hydrogen) atoms. The first-order valence-corrected chi connectivity index (χ1v) is 8.82. The lowest BCUT2D eigenvalue weighted by Crippen LogP contribution is -2.07. The number of aromatic nitrogens is 3. The highest BCUT2D eigenvalue weighted by Gasteiger charge is 2.02. The van der Waals surface area contributed by atoms with Crippen LogP contribution in [0.3, 0.4) is 0 Å². The van der Waals surface area contributed by atoms with E-state index < -0.39 is 0 Å². The zero-order valence-electron chi connectivity index (χ0n) is 13.8. The number of nitrogens with one attached hydrogen (secondary N) is 2. The first-order valence-electron chi connectivity index (χ1n) is 7.84. The lowest BCUT2D eigenvalue weighted by Gasteiger charge is -2.04. The Balaban J connectivity index is 1.51. The van der Waals surface area contributed by atoms with Gasteiger partial charge in [0.1, 0.15) is 5.82 Å². The second-order valence-corrected chi connectivity index (χ2v) is 6.36. The summed E-state index contributed by atoms with van der Waals surface area (Å²) in [5, 5.41) is 10.5. The summed E-state index contributed by atoms with van der Waals surface area (Å²) in [5.41, 5.74) is 2.91. The quantitative estimate of drug-likeness (QED) is 0.519. The lowest BCUT2D eigenvalue weighted by atomic mass is 10.2. The molecule has 0 radical (unpaired) electrons. The Morgan fingerprint density at radius 1 is 1.16 bits per heavy atom. The standard InChI is InChI=1S/C19H18N4OS/c1-14-20-19(23-22-14)25-13-16-7-10-17(11-8-16)21-18(24)12-9-15-5-3-2-4-6-15/h2-12H,13H2,1H3,(H,21,24)(H,20,22,23)/b12-9+. The molecule has 3 aromatic rings. The molecule has 0 unspecified atom stereocenters. The number of aromatic amines is 1. The number of hydrogen-bond donors (Lipinski definition) is 2. The van der Waals surface area contributed by atoms with E-state index in [1.807, 2.05) is 61.5 Å². The van der Waals surface area contributed by atoms with E-state index in [1.165, 1.54) is 6.08 Å². The van der Waals surface area contributed by atoms with E-state index in [9.17, 15) is 4.79 Å². The number of benzene rings is 2. The van der Waals surface area contributed by atoms with Gasteiger partial charge in [0, 0.05) is 17.5 Å². The van der Waals surface area contributed by atoms with Crippen LogP contribution in [0.4, 0.5) is 5.69 Å². The SMILES string of the molecule is Cc1nc(SCc2ccc(NC(=O)/C=C/c3ccccc3)cc2)n[nH]1. The predicted molar refractivity (Wildman–Crippen MR) is 101 cm³/mol. The van der Waals surface area contributed by atoms with Crippen LogP contribution >= 0.6 is 11.8 Å². The zero-order chi connectivity index (χ0) is 17.5. The fourth-order valence-electron chi connectivity index (χ4n) is 2.14. The van der Waals surface area contributed by atoms with Crippen molar-refractivity contribution in [3.05, 3.63) is 77.6 Å². The van der Waals surface area contributed by atoms with Crippen molar-refractivity contribution >= 4 is 29.4 Å². The number of carbonyl (C=O) groups excluding carboxylic acids is 1. The molecular weight excluding hydrogens is 332 g/mol. The molecule has 1 heterocycles. The van der Waals surface area contributed by atoms with Crippen LogP contribution in [0.15, 0.2) is 65.8 Å². The fourth-order valence-corrected chi connectivity index (χ4v) is 2.94. The number of nitrogens with zero attached hydrogens (tertiary/aromatic N) is 2. The van der Waals surface area contributed by atoms with E-state index >= 15 is 0 Å². The first-order chi connectivity index (χ1) is 12.2. The lowest BCUT2D eigenvalue weighted by molar-refractivity contribution is -0.111. The maximum Gasteiger partial charge on any atom is 0.248 e. The molecule has 1 amide bonds. The molecule has 0 fully saturated rings. The second kappa shape index (κ2) is 8.30. The largest absolute Gasteiger partial charge is 0.323 e. The zero-order valence-corrected chi connectivity index (χ0v) is 14.6. The predicted octanol–water partition coefficient (Wildman–Crippen LogP) is 4.06. The molecule has 3 rings (SSSR count). The van der Waals surface area contributed by atoms with Crippen LogP contribution in [0.5, 0.6) is 0 Å². The molecule has 0 aliphatic rings. The number of aryl methyl sites for hydroxylation is 1. The number of hydrogen-bond acceptors (Lipinski definition) is 4. The molecule has 1 aromatic heterocycles. The Morgan fingerprint density at radius 2 is 1.92 bits per heavy atom. The minimum Gasteiger partial charge on any atom is -0.323 e. The summed E-state index contributed by atoms with van der Waals surface area (Å²) in [6.07, 6.45) is 3.32. The van der Waals surface area contributed by atoms with Gasteiger partial charge in [-0.1, -0.05) is 54.2 Å². The van der Waals surface area contributed by atoms with E-state index in [1.54, 1.807) is 17.8 Å². The van der Waals surface area contributed by atoms with E-state index in [-0.39, 0.29) is 5.91 Å². The summed E-state index contributed by atoms with van der Waals surface area (Å²) in [6.45, 7) is 1.88. The van der Waals surface area contributed by atoms with Gasteiger partial charge in [0.25, 0.3) is 0 Å². The molecule has 126 valence electrons. The summed E-state index contributed by atoms with van der Waals surface area (Å²) in [6, 6.07) is 17.5. The van der Waals surface area contributed by atoms with Crippen molar-refractivity contribution in [2.45, 2.75) is 17.8 Å². The van der Waals surface area contributed by atoms with Gasteiger partial charge in [-0.25, -0.2) is 4.98 Å². The van der Waals surface area contributed by atoms with Gasteiger partial charge in [-0.15, -0.1) is 5.10 Å². The molecule has 0 saturated carbocycles. The number of amides is 1. The molecule has 2 aromatic carbocycles. The van der Waals surface area contributed by atoms with Gasteiger partial charge in [0.2, 0.25) is 11.1 Å². The Morgan fingerprint density at radius 3 is 2.60 bits per heavy atom. The van der Waals surface area contributed by atoms with Gasteiger partial charge in [-0.3, -0.25) is 9.89 Å². The number of carbonyl (C=O) groups is 1. The molecule has 0 spiro atoms. The van der Waals surface area contributed by atoms with Gasteiger partial charge in [-0.05, 0) is 36.3 Å². The third-order valence-corrected chi connectivity index (χ3v) is 4.31. The van der Waals surface area contributed by atoms with Crippen molar-refractivity contribution in [3.63, 3.8) is 0 Å². The van der Waals surface area contributed by atoms with Crippen molar-refractivity contribution in [2.75, 3.05) is 5.32 Å². The smallest absolute Gasteiger partial charge is 0.248 e. The Hall–Kier alpha value is -2.86. The second-order valence-electron chi connectivity index (χ2n) is 5.42. The van der Waals surface area contributed by atoms with Gasteiger partial charge in [-0.2, -0.15) is 0 Å². The third-order valence-electron chi connectivity index (χ3n) is 3.39. The van der Waals surface area contributed by atoms with Gasteiger partial charge in [0.05, 0.1) is 0 Å².